The first-order chi connectivity index (χ1) is 15.7. The highest BCUT2D eigenvalue weighted by Gasteiger charge is 2.24. The Morgan fingerprint density at radius 1 is 1.06 bits per heavy atom. The predicted molar refractivity (Wildman–Crippen MR) is 140 cm³/mol. The third-order valence-electron chi connectivity index (χ3n) is 6.05. The van der Waals surface area contributed by atoms with Crippen LogP contribution in [0.5, 0.6) is 17.2 Å². The van der Waals surface area contributed by atoms with E-state index in [1.54, 1.807) is 21.3 Å². The number of methoxy groups -OCH3 is 3. The minimum atomic E-state index is 0. The van der Waals surface area contributed by atoms with Gasteiger partial charge in [0.1, 0.15) is 0 Å². The van der Waals surface area contributed by atoms with Gasteiger partial charge in [-0.25, -0.2) is 4.99 Å². The van der Waals surface area contributed by atoms with Gasteiger partial charge in [0.05, 0.1) is 46.7 Å². The minimum absolute atomic E-state index is 0. The molecule has 3 rings (SSSR count). The molecule has 0 saturated carbocycles. The summed E-state index contributed by atoms with van der Waals surface area (Å²) in [6, 6.07) is 3.86. The molecule has 1 aromatic carbocycles. The van der Waals surface area contributed by atoms with E-state index in [1.807, 2.05) is 12.1 Å². The van der Waals surface area contributed by atoms with Gasteiger partial charge in [0, 0.05) is 31.8 Å². The molecule has 2 aliphatic heterocycles. The standard InChI is InChI=1S/C24H39N3O5.HI/c1-5-25-24(26-16-18-9-10-21(28-2)23(30-4)22(18)29-3)27-13-11-19(12-14-27)32-17-20-8-6-7-15-31-20;/h9-10,19-20H,5-8,11-17H2,1-4H3,(H,25,26);1H. The highest BCUT2D eigenvalue weighted by molar-refractivity contribution is 14.0. The molecule has 1 unspecified atom stereocenters. The molecule has 8 nitrogen and oxygen atoms in total. The van der Waals surface area contributed by atoms with E-state index < -0.39 is 0 Å². The van der Waals surface area contributed by atoms with Crippen molar-refractivity contribution in [2.45, 2.75) is 57.8 Å². The second-order valence-corrected chi connectivity index (χ2v) is 8.17. The Kier molecular flexibility index (Phi) is 12.4. The number of nitrogens with zero attached hydrogens (tertiary/aromatic N) is 2. The number of piperidine rings is 1. The Hall–Kier alpha value is -1.46. The molecular formula is C24H40IN3O5. The lowest BCUT2D eigenvalue weighted by Crippen LogP contribution is -2.47. The molecule has 9 heteroatoms. The number of aliphatic imine (C=N–C) groups is 1. The molecule has 0 aliphatic carbocycles. The maximum Gasteiger partial charge on any atom is 0.203 e. The average Bonchev–Trinajstić information content (AvgIpc) is 2.85. The van der Waals surface area contributed by atoms with Gasteiger partial charge < -0.3 is 33.9 Å². The topological polar surface area (TPSA) is 73.8 Å². The first-order valence-electron chi connectivity index (χ1n) is 11.7. The molecule has 2 aliphatic rings. The number of nitrogens with one attached hydrogen (secondary N) is 1. The van der Waals surface area contributed by atoms with E-state index in [0.717, 1.165) is 63.6 Å². The number of rotatable bonds is 9. The molecule has 188 valence electrons. The Bertz CT molecular complexity index is 735. The van der Waals surface area contributed by atoms with Crippen molar-refractivity contribution in [2.75, 3.05) is 54.2 Å². The van der Waals surface area contributed by atoms with Gasteiger partial charge in [0.15, 0.2) is 17.5 Å². The van der Waals surface area contributed by atoms with Crippen molar-refractivity contribution in [1.82, 2.24) is 10.2 Å². The second-order valence-electron chi connectivity index (χ2n) is 8.17. The molecule has 1 N–H and O–H groups in total. The van der Waals surface area contributed by atoms with Crippen LogP contribution in [-0.2, 0) is 16.0 Å². The van der Waals surface area contributed by atoms with Crippen molar-refractivity contribution in [1.29, 1.82) is 0 Å². The predicted octanol–water partition coefficient (Wildman–Crippen LogP) is 3.85. The lowest BCUT2D eigenvalue weighted by molar-refractivity contribution is -0.0721. The van der Waals surface area contributed by atoms with Gasteiger partial charge in [-0.15, -0.1) is 24.0 Å². The average molecular weight is 578 g/mol. The van der Waals surface area contributed by atoms with Crippen LogP contribution in [0.1, 0.15) is 44.6 Å². The van der Waals surface area contributed by atoms with Gasteiger partial charge in [-0.2, -0.15) is 0 Å². The molecule has 0 amide bonds. The third kappa shape index (κ3) is 7.78. The van der Waals surface area contributed by atoms with Crippen molar-refractivity contribution in [3.05, 3.63) is 17.7 Å². The van der Waals surface area contributed by atoms with Crippen LogP contribution in [-0.4, -0.2) is 77.2 Å². The summed E-state index contributed by atoms with van der Waals surface area (Å²) in [4.78, 5) is 7.20. The van der Waals surface area contributed by atoms with Gasteiger partial charge in [-0.05, 0) is 51.2 Å². The molecule has 0 radical (unpaired) electrons. The van der Waals surface area contributed by atoms with Crippen molar-refractivity contribution in [2.24, 2.45) is 4.99 Å². The summed E-state index contributed by atoms with van der Waals surface area (Å²) in [5.74, 6) is 2.80. The summed E-state index contributed by atoms with van der Waals surface area (Å²) >= 11 is 0. The highest BCUT2D eigenvalue weighted by atomic mass is 127. The van der Waals surface area contributed by atoms with E-state index in [9.17, 15) is 0 Å². The first kappa shape index (κ1) is 27.8. The molecule has 2 fully saturated rings. The van der Waals surface area contributed by atoms with Gasteiger partial charge in [-0.1, -0.05) is 0 Å². The Morgan fingerprint density at radius 3 is 2.42 bits per heavy atom. The Morgan fingerprint density at radius 2 is 1.82 bits per heavy atom. The normalized spacial score (nSPS) is 19.6. The van der Waals surface area contributed by atoms with Crippen molar-refractivity contribution < 1.29 is 23.7 Å². The van der Waals surface area contributed by atoms with Crippen LogP contribution in [0, 0.1) is 0 Å². The summed E-state index contributed by atoms with van der Waals surface area (Å²) in [7, 11) is 4.87. The van der Waals surface area contributed by atoms with Crippen LogP contribution in [0.15, 0.2) is 17.1 Å². The van der Waals surface area contributed by atoms with E-state index in [4.69, 9.17) is 28.7 Å². The lowest BCUT2D eigenvalue weighted by atomic mass is 10.1. The fraction of sp³-hybridized carbons (Fsp3) is 0.708. The summed E-state index contributed by atoms with van der Waals surface area (Å²) in [5.41, 5.74) is 0.950. The van der Waals surface area contributed by atoms with E-state index >= 15 is 0 Å². The molecule has 2 saturated heterocycles. The fourth-order valence-electron chi connectivity index (χ4n) is 4.29. The molecule has 0 aromatic heterocycles. The summed E-state index contributed by atoms with van der Waals surface area (Å²) in [6.45, 7) is 6.83. The zero-order chi connectivity index (χ0) is 22.8. The van der Waals surface area contributed by atoms with Crippen LogP contribution < -0.4 is 19.5 Å². The number of likely N-dealkylation sites (tertiary alicyclic amines) is 1. The van der Waals surface area contributed by atoms with Crippen molar-refractivity contribution in [3.8, 4) is 17.2 Å². The molecule has 2 heterocycles. The van der Waals surface area contributed by atoms with Crippen LogP contribution >= 0.6 is 24.0 Å². The van der Waals surface area contributed by atoms with Gasteiger partial charge >= 0.3 is 0 Å². The fourth-order valence-corrected chi connectivity index (χ4v) is 4.29. The molecule has 1 aromatic rings. The van der Waals surface area contributed by atoms with Crippen molar-refractivity contribution in [3.63, 3.8) is 0 Å². The van der Waals surface area contributed by atoms with Gasteiger partial charge in [-0.3, -0.25) is 0 Å². The maximum absolute atomic E-state index is 6.16. The third-order valence-corrected chi connectivity index (χ3v) is 6.05. The zero-order valence-corrected chi connectivity index (χ0v) is 22.8. The maximum atomic E-state index is 6.16. The molecule has 0 spiro atoms. The Labute approximate surface area is 215 Å². The van der Waals surface area contributed by atoms with Crippen LogP contribution in [0.2, 0.25) is 0 Å². The molecule has 0 bridgehead atoms. The monoisotopic (exact) mass is 577 g/mol. The van der Waals surface area contributed by atoms with E-state index in [-0.39, 0.29) is 30.1 Å². The van der Waals surface area contributed by atoms with Crippen LogP contribution in [0.25, 0.3) is 0 Å². The van der Waals surface area contributed by atoms with Gasteiger partial charge in [0.25, 0.3) is 0 Å². The largest absolute Gasteiger partial charge is 0.493 e. The summed E-state index contributed by atoms with van der Waals surface area (Å²) < 4.78 is 28.4. The highest BCUT2D eigenvalue weighted by Crippen LogP contribution is 2.40. The molecular weight excluding hydrogens is 537 g/mol. The minimum Gasteiger partial charge on any atom is -0.493 e. The lowest BCUT2D eigenvalue weighted by Gasteiger charge is -2.35. The van der Waals surface area contributed by atoms with Crippen molar-refractivity contribution >= 4 is 29.9 Å². The van der Waals surface area contributed by atoms with E-state index in [0.29, 0.717) is 29.9 Å². The number of hydrogen-bond donors (Lipinski definition) is 1. The number of guanidine groups is 1. The zero-order valence-electron chi connectivity index (χ0n) is 20.4. The smallest absolute Gasteiger partial charge is 0.203 e. The number of halogens is 1. The SMILES string of the molecule is CCNC(=NCc1ccc(OC)c(OC)c1OC)N1CCC(OCC2CCCCO2)CC1.I. The quantitative estimate of drug-likeness (QED) is 0.272. The Balaban J connectivity index is 0.00000385. The number of ether oxygens (including phenoxy) is 5. The van der Waals surface area contributed by atoms with E-state index in [1.165, 1.54) is 12.8 Å². The second kappa shape index (κ2) is 14.7. The molecule has 33 heavy (non-hydrogen) atoms. The van der Waals surface area contributed by atoms with Gasteiger partial charge in [0.2, 0.25) is 5.75 Å². The van der Waals surface area contributed by atoms with E-state index in [2.05, 4.69) is 17.1 Å². The summed E-state index contributed by atoms with van der Waals surface area (Å²) in [6.07, 6.45) is 6.11. The number of hydrogen-bond acceptors (Lipinski definition) is 6. The van der Waals surface area contributed by atoms with Crippen LogP contribution in [0.4, 0.5) is 0 Å². The number of benzene rings is 1. The van der Waals surface area contributed by atoms with Crippen LogP contribution in [0.3, 0.4) is 0 Å². The molecule has 1 atom stereocenters. The first-order valence-corrected chi connectivity index (χ1v) is 11.7. The summed E-state index contributed by atoms with van der Waals surface area (Å²) in [5, 5.41) is 3.43.